The van der Waals surface area contributed by atoms with Crippen molar-refractivity contribution in [2.75, 3.05) is 25.5 Å². The van der Waals surface area contributed by atoms with E-state index in [9.17, 15) is 4.39 Å². The number of hydrogen-bond donors (Lipinski definition) is 2. The van der Waals surface area contributed by atoms with Gasteiger partial charge < -0.3 is 10.3 Å². The van der Waals surface area contributed by atoms with Gasteiger partial charge in [0.1, 0.15) is 5.82 Å². The summed E-state index contributed by atoms with van der Waals surface area (Å²) in [5, 5.41) is 4.29. The van der Waals surface area contributed by atoms with E-state index in [2.05, 4.69) is 57.1 Å². The number of likely N-dealkylation sites (tertiary alicyclic amines) is 1. The first-order chi connectivity index (χ1) is 19.1. The number of anilines is 1. The molecule has 0 saturated carbocycles. The molecule has 5 heteroatoms. The van der Waals surface area contributed by atoms with Gasteiger partial charge in [0.25, 0.3) is 0 Å². The van der Waals surface area contributed by atoms with E-state index in [1.54, 1.807) is 6.07 Å². The Bertz CT molecular complexity index is 1640. The lowest BCUT2D eigenvalue weighted by Gasteiger charge is -2.26. The van der Waals surface area contributed by atoms with Gasteiger partial charge in [-0.2, -0.15) is 0 Å². The van der Waals surface area contributed by atoms with Gasteiger partial charge in [-0.25, -0.2) is 4.39 Å². The van der Waals surface area contributed by atoms with Gasteiger partial charge in [0.2, 0.25) is 0 Å². The molecular weight excluding hydrogens is 483 g/mol. The highest BCUT2D eigenvalue weighted by molar-refractivity contribution is 5.99. The monoisotopic (exact) mass is 516 g/mol. The summed E-state index contributed by atoms with van der Waals surface area (Å²) in [4.78, 5) is 10.6. The average molecular weight is 517 g/mol. The van der Waals surface area contributed by atoms with Crippen LogP contribution in [0.4, 0.5) is 10.1 Å². The summed E-state index contributed by atoms with van der Waals surface area (Å²) >= 11 is 0. The van der Waals surface area contributed by atoms with Crippen LogP contribution in [0.1, 0.15) is 36.1 Å². The smallest absolute Gasteiger partial charge is 0.131 e. The predicted molar refractivity (Wildman–Crippen MR) is 160 cm³/mol. The Kier molecular flexibility index (Phi) is 6.99. The molecule has 196 valence electrons. The number of nitrogens with zero attached hydrogens (tertiary/aromatic N) is 2. The molecule has 0 unspecified atom stereocenters. The number of aromatic amines is 1. The van der Waals surface area contributed by atoms with Gasteiger partial charge in [0.05, 0.1) is 0 Å². The van der Waals surface area contributed by atoms with Gasteiger partial charge in [-0.1, -0.05) is 49.4 Å². The van der Waals surface area contributed by atoms with Crippen LogP contribution >= 0.6 is 0 Å². The van der Waals surface area contributed by atoms with Crippen LogP contribution in [-0.4, -0.2) is 35.0 Å². The van der Waals surface area contributed by atoms with Crippen LogP contribution in [0.3, 0.4) is 0 Å². The van der Waals surface area contributed by atoms with E-state index >= 15 is 0 Å². The molecule has 1 fully saturated rings. The second-order valence-electron chi connectivity index (χ2n) is 10.3. The van der Waals surface area contributed by atoms with Crippen LogP contribution in [0.5, 0.6) is 0 Å². The number of aromatic nitrogens is 2. The van der Waals surface area contributed by atoms with Gasteiger partial charge in [-0.3, -0.25) is 9.88 Å². The number of halogens is 1. The summed E-state index contributed by atoms with van der Waals surface area (Å²) in [7, 11) is 1.92. The van der Waals surface area contributed by atoms with Crippen molar-refractivity contribution in [2.45, 2.75) is 25.8 Å². The van der Waals surface area contributed by atoms with Gasteiger partial charge in [-0.15, -0.1) is 0 Å². The highest BCUT2D eigenvalue weighted by Crippen LogP contribution is 2.36. The third-order valence-corrected chi connectivity index (χ3v) is 7.75. The van der Waals surface area contributed by atoms with Crippen molar-refractivity contribution in [3.63, 3.8) is 0 Å². The van der Waals surface area contributed by atoms with Gasteiger partial charge in [0, 0.05) is 70.5 Å². The molecular formula is C34H33FN4. The quantitative estimate of drug-likeness (QED) is 0.230. The number of benzene rings is 3. The Morgan fingerprint density at radius 2 is 1.74 bits per heavy atom. The Balaban J connectivity index is 1.35. The summed E-state index contributed by atoms with van der Waals surface area (Å²) in [5.74, 6) is -0.229. The van der Waals surface area contributed by atoms with Crippen LogP contribution in [0.25, 0.3) is 38.7 Å². The molecule has 39 heavy (non-hydrogen) atoms. The van der Waals surface area contributed by atoms with Gasteiger partial charge in [0.15, 0.2) is 0 Å². The summed E-state index contributed by atoms with van der Waals surface area (Å²) in [6.07, 6.45) is 7.81. The lowest BCUT2D eigenvalue weighted by atomic mass is 9.96. The minimum absolute atomic E-state index is 0.229. The third kappa shape index (κ3) is 5.10. The number of hydrogen-bond acceptors (Lipinski definition) is 3. The van der Waals surface area contributed by atoms with E-state index in [0.29, 0.717) is 5.56 Å². The zero-order chi connectivity index (χ0) is 26.8. The lowest BCUT2D eigenvalue weighted by Crippen LogP contribution is -2.29. The Morgan fingerprint density at radius 1 is 0.923 bits per heavy atom. The molecule has 1 aliphatic rings. The summed E-state index contributed by atoms with van der Waals surface area (Å²) < 4.78 is 14.7. The number of pyridine rings is 1. The third-order valence-electron chi connectivity index (χ3n) is 7.75. The van der Waals surface area contributed by atoms with Crippen LogP contribution < -0.4 is 5.32 Å². The molecule has 4 nitrogen and oxygen atoms in total. The number of H-pyrrole nitrogens is 1. The molecule has 1 aliphatic heterocycles. The molecule has 1 saturated heterocycles. The Hall–Kier alpha value is -4.22. The highest BCUT2D eigenvalue weighted by atomic mass is 19.1. The predicted octanol–water partition coefficient (Wildman–Crippen LogP) is 8.13. The summed E-state index contributed by atoms with van der Waals surface area (Å²) in [6, 6.07) is 23.6. The van der Waals surface area contributed by atoms with Crippen molar-refractivity contribution in [2.24, 2.45) is 0 Å². The number of fused-ring (bicyclic) bond motifs is 1. The fraction of sp³-hybridized carbons (Fsp3) is 0.206. The van der Waals surface area contributed by atoms with E-state index < -0.39 is 0 Å². The number of rotatable bonds is 7. The standard InChI is InChI=1S/C34H33FN4/c1-23(34-19-30-27(10-8-12-33(30)38-34)28-9-4-5-11-31(28)35)29-18-25(13-14-32(29)36-2)26-17-24(20-37-21-26)22-39-15-6-3-7-16-39/h4-5,8-14,17-21,36,38H,1,3,6-7,15-16,22H2,2H3. The van der Waals surface area contributed by atoms with Gasteiger partial charge >= 0.3 is 0 Å². The van der Waals surface area contributed by atoms with Crippen LogP contribution in [-0.2, 0) is 6.54 Å². The molecule has 6 rings (SSSR count). The van der Waals surface area contributed by atoms with Crippen molar-refractivity contribution in [1.82, 2.24) is 14.9 Å². The average Bonchev–Trinajstić information content (AvgIpc) is 3.42. The molecule has 0 spiro atoms. The molecule has 3 aromatic carbocycles. The zero-order valence-corrected chi connectivity index (χ0v) is 22.3. The van der Waals surface area contributed by atoms with E-state index in [1.807, 2.05) is 49.8 Å². The SMILES string of the molecule is C=C(c1cc2c(-c3ccccc3F)cccc2[nH]1)c1cc(-c2cncc(CN3CCCCC3)c2)ccc1NC. The van der Waals surface area contributed by atoms with Crippen LogP contribution in [0.15, 0.2) is 91.8 Å². The minimum Gasteiger partial charge on any atom is -0.388 e. The molecule has 3 heterocycles. The van der Waals surface area contributed by atoms with Crippen molar-refractivity contribution in [3.8, 4) is 22.3 Å². The molecule has 0 atom stereocenters. The highest BCUT2D eigenvalue weighted by Gasteiger charge is 2.16. The number of piperidine rings is 1. The second kappa shape index (κ2) is 10.9. The molecule has 0 bridgehead atoms. The molecule has 0 aliphatic carbocycles. The number of nitrogens with one attached hydrogen (secondary N) is 2. The Morgan fingerprint density at radius 3 is 2.56 bits per heavy atom. The van der Waals surface area contributed by atoms with Crippen molar-refractivity contribution in [1.29, 1.82) is 0 Å². The van der Waals surface area contributed by atoms with Crippen LogP contribution in [0, 0.1) is 5.82 Å². The molecule has 2 aromatic heterocycles. The van der Waals surface area contributed by atoms with Crippen molar-refractivity contribution < 1.29 is 4.39 Å². The molecule has 0 radical (unpaired) electrons. The normalized spacial score (nSPS) is 14.0. The first-order valence-corrected chi connectivity index (χ1v) is 13.7. The summed E-state index contributed by atoms with van der Waals surface area (Å²) in [6.45, 7) is 7.74. The van der Waals surface area contributed by atoms with E-state index in [-0.39, 0.29) is 5.82 Å². The van der Waals surface area contributed by atoms with Crippen molar-refractivity contribution in [3.05, 3.63) is 114 Å². The minimum atomic E-state index is -0.229. The molecule has 5 aromatic rings. The molecule has 2 N–H and O–H groups in total. The first-order valence-electron chi connectivity index (χ1n) is 13.7. The maximum Gasteiger partial charge on any atom is 0.131 e. The topological polar surface area (TPSA) is 44.0 Å². The fourth-order valence-corrected chi connectivity index (χ4v) is 5.68. The van der Waals surface area contributed by atoms with E-state index in [1.165, 1.54) is 30.9 Å². The van der Waals surface area contributed by atoms with Crippen LogP contribution in [0.2, 0.25) is 0 Å². The van der Waals surface area contributed by atoms with E-state index in [4.69, 9.17) is 0 Å². The van der Waals surface area contributed by atoms with E-state index in [0.717, 1.165) is 69.7 Å². The first kappa shape index (κ1) is 25.1. The summed E-state index contributed by atoms with van der Waals surface area (Å²) in [5.41, 5.74) is 9.61. The lowest BCUT2D eigenvalue weighted by molar-refractivity contribution is 0.220. The fourth-order valence-electron chi connectivity index (χ4n) is 5.68. The molecule has 0 amide bonds. The zero-order valence-electron chi connectivity index (χ0n) is 22.3. The van der Waals surface area contributed by atoms with Crippen molar-refractivity contribution >= 4 is 22.2 Å². The van der Waals surface area contributed by atoms with Gasteiger partial charge in [-0.05, 0) is 79.0 Å². The Labute approximate surface area is 229 Å². The maximum absolute atomic E-state index is 14.7. The largest absolute Gasteiger partial charge is 0.388 e. The second-order valence-corrected chi connectivity index (χ2v) is 10.3. The maximum atomic E-state index is 14.7.